The predicted octanol–water partition coefficient (Wildman–Crippen LogP) is 3.17. The second-order valence-corrected chi connectivity index (χ2v) is 5.26. The molecule has 4 aromatic rings. The number of rotatable bonds is 3. The molecule has 0 radical (unpaired) electrons. The minimum absolute atomic E-state index is 0.237. The molecule has 0 saturated heterocycles. The molecular weight excluding hydrogens is 290 g/mol. The quantitative estimate of drug-likeness (QED) is 0.631. The predicted molar refractivity (Wildman–Crippen MR) is 87.1 cm³/mol. The van der Waals surface area contributed by atoms with Crippen molar-refractivity contribution in [1.29, 1.82) is 0 Å². The first-order chi connectivity index (χ1) is 11.3. The molecule has 0 bridgehead atoms. The van der Waals surface area contributed by atoms with Gasteiger partial charge in [-0.2, -0.15) is 0 Å². The van der Waals surface area contributed by atoms with Crippen molar-refractivity contribution in [3.05, 3.63) is 82.5 Å². The lowest BCUT2D eigenvalue weighted by Gasteiger charge is -1.99. The Bertz CT molecular complexity index is 1020. The van der Waals surface area contributed by atoms with Crippen molar-refractivity contribution in [2.45, 2.75) is 6.42 Å². The van der Waals surface area contributed by atoms with Crippen LogP contribution in [0.5, 0.6) is 0 Å². The maximum atomic E-state index is 12.2. The molecule has 2 aromatic heterocycles. The number of fused-ring (bicyclic) bond motifs is 1. The average Bonchev–Trinajstić information content (AvgIpc) is 3.03. The molecule has 0 atom stereocenters. The van der Waals surface area contributed by atoms with E-state index in [4.69, 9.17) is 4.42 Å². The SMILES string of the molecule is O=c1[nH]c2ccccc2cc1-c1nnc(Cc2ccccc2)o1. The Kier molecular flexibility index (Phi) is 3.24. The van der Waals surface area contributed by atoms with Crippen LogP contribution in [0.4, 0.5) is 0 Å². The second kappa shape index (κ2) is 5.53. The third kappa shape index (κ3) is 2.64. The van der Waals surface area contributed by atoms with Gasteiger partial charge < -0.3 is 9.40 Å². The Morgan fingerprint density at radius 1 is 0.957 bits per heavy atom. The van der Waals surface area contributed by atoms with Crippen LogP contribution in [0.2, 0.25) is 0 Å². The van der Waals surface area contributed by atoms with Crippen LogP contribution in [-0.4, -0.2) is 15.2 Å². The molecule has 0 aliphatic heterocycles. The van der Waals surface area contributed by atoms with E-state index in [0.717, 1.165) is 16.5 Å². The Hall–Kier alpha value is -3.21. The van der Waals surface area contributed by atoms with Gasteiger partial charge in [-0.3, -0.25) is 4.79 Å². The highest BCUT2D eigenvalue weighted by Crippen LogP contribution is 2.19. The van der Waals surface area contributed by atoms with E-state index in [1.165, 1.54) is 0 Å². The zero-order valence-electron chi connectivity index (χ0n) is 12.2. The number of hydrogen-bond donors (Lipinski definition) is 1. The molecule has 4 rings (SSSR count). The summed E-state index contributed by atoms with van der Waals surface area (Å²) in [5, 5.41) is 8.97. The Morgan fingerprint density at radius 2 is 1.74 bits per heavy atom. The number of aromatic amines is 1. The molecule has 112 valence electrons. The molecule has 0 amide bonds. The summed E-state index contributed by atoms with van der Waals surface area (Å²) in [4.78, 5) is 15.1. The second-order valence-electron chi connectivity index (χ2n) is 5.26. The van der Waals surface area contributed by atoms with Gasteiger partial charge >= 0.3 is 0 Å². The van der Waals surface area contributed by atoms with Crippen LogP contribution in [0, 0.1) is 0 Å². The number of nitrogens with zero attached hydrogens (tertiary/aromatic N) is 2. The lowest BCUT2D eigenvalue weighted by Crippen LogP contribution is -2.08. The highest BCUT2D eigenvalue weighted by molar-refractivity contribution is 5.81. The van der Waals surface area contributed by atoms with Gasteiger partial charge in [0.05, 0.1) is 6.42 Å². The lowest BCUT2D eigenvalue weighted by atomic mass is 10.1. The molecule has 0 fully saturated rings. The van der Waals surface area contributed by atoms with Gasteiger partial charge in [0.15, 0.2) is 0 Å². The first-order valence-electron chi connectivity index (χ1n) is 7.28. The number of aromatic nitrogens is 3. The summed E-state index contributed by atoms with van der Waals surface area (Å²) in [6.07, 6.45) is 0.541. The molecule has 0 spiro atoms. The molecule has 0 saturated carbocycles. The first kappa shape index (κ1) is 13.5. The van der Waals surface area contributed by atoms with Crippen molar-refractivity contribution < 1.29 is 4.42 Å². The van der Waals surface area contributed by atoms with Gasteiger partial charge in [0.2, 0.25) is 5.89 Å². The van der Waals surface area contributed by atoms with Crippen molar-refractivity contribution in [3.8, 4) is 11.5 Å². The van der Waals surface area contributed by atoms with E-state index in [1.54, 1.807) is 6.07 Å². The highest BCUT2D eigenvalue weighted by atomic mass is 16.4. The van der Waals surface area contributed by atoms with Gasteiger partial charge in [0, 0.05) is 5.52 Å². The number of nitrogens with one attached hydrogen (secondary N) is 1. The molecule has 5 heteroatoms. The van der Waals surface area contributed by atoms with Crippen LogP contribution in [0.15, 0.2) is 69.9 Å². The van der Waals surface area contributed by atoms with Crippen LogP contribution >= 0.6 is 0 Å². The summed E-state index contributed by atoms with van der Waals surface area (Å²) in [6, 6.07) is 19.2. The molecule has 5 nitrogen and oxygen atoms in total. The summed E-state index contributed by atoms with van der Waals surface area (Å²) in [6.45, 7) is 0. The van der Waals surface area contributed by atoms with Gasteiger partial charge in [-0.05, 0) is 23.1 Å². The zero-order chi connectivity index (χ0) is 15.6. The van der Waals surface area contributed by atoms with Gasteiger partial charge in [-0.15, -0.1) is 10.2 Å². The van der Waals surface area contributed by atoms with E-state index in [0.29, 0.717) is 17.9 Å². The molecule has 23 heavy (non-hydrogen) atoms. The zero-order valence-corrected chi connectivity index (χ0v) is 12.2. The van der Waals surface area contributed by atoms with Crippen molar-refractivity contribution in [1.82, 2.24) is 15.2 Å². The summed E-state index contributed by atoms with van der Waals surface area (Å²) in [7, 11) is 0. The van der Waals surface area contributed by atoms with Crippen LogP contribution < -0.4 is 5.56 Å². The van der Waals surface area contributed by atoms with Crippen LogP contribution in [-0.2, 0) is 6.42 Å². The molecule has 0 unspecified atom stereocenters. The number of benzene rings is 2. The van der Waals surface area contributed by atoms with Gasteiger partial charge in [-0.1, -0.05) is 48.5 Å². The molecular formula is C18H13N3O2. The highest BCUT2D eigenvalue weighted by Gasteiger charge is 2.13. The summed E-state index contributed by atoms with van der Waals surface area (Å²) >= 11 is 0. The van der Waals surface area contributed by atoms with Crippen molar-refractivity contribution in [3.63, 3.8) is 0 Å². The summed E-state index contributed by atoms with van der Waals surface area (Å²) in [5.74, 6) is 0.724. The van der Waals surface area contributed by atoms with Gasteiger partial charge in [0.25, 0.3) is 11.4 Å². The normalized spacial score (nSPS) is 11.0. The van der Waals surface area contributed by atoms with E-state index in [-0.39, 0.29) is 11.4 Å². The van der Waals surface area contributed by atoms with E-state index in [1.807, 2.05) is 54.6 Å². The maximum Gasteiger partial charge on any atom is 0.261 e. The molecule has 2 aromatic carbocycles. The third-order valence-corrected chi connectivity index (χ3v) is 3.65. The fraction of sp³-hybridized carbons (Fsp3) is 0.0556. The molecule has 2 heterocycles. The smallest absolute Gasteiger partial charge is 0.261 e. The fourth-order valence-corrected chi connectivity index (χ4v) is 2.51. The van der Waals surface area contributed by atoms with Crippen molar-refractivity contribution >= 4 is 10.9 Å². The maximum absolute atomic E-state index is 12.2. The molecule has 0 aliphatic carbocycles. The van der Waals surface area contributed by atoms with Gasteiger partial charge in [0.1, 0.15) is 5.56 Å². The first-order valence-corrected chi connectivity index (χ1v) is 7.28. The minimum Gasteiger partial charge on any atom is -0.420 e. The number of H-pyrrole nitrogens is 1. The third-order valence-electron chi connectivity index (χ3n) is 3.65. The monoisotopic (exact) mass is 303 g/mol. The number of pyridine rings is 1. The topological polar surface area (TPSA) is 71.8 Å². The van der Waals surface area contributed by atoms with E-state index in [2.05, 4.69) is 15.2 Å². The lowest BCUT2D eigenvalue weighted by molar-refractivity contribution is 0.517. The van der Waals surface area contributed by atoms with Crippen LogP contribution in [0.25, 0.3) is 22.4 Å². The van der Waals surface area contributed by atoms with E-state index in [9.17, 15) is 4.79 Å². The van der Waals surface area contributed by atoms with Crippen LogP contribution in [0.1, 0.15) is 11.5 Å². The Morgan fingerprint density at radius 3 is 2.61 bits per heavy atom. The Labute approximate surface area is 131 Å². The Balaban J connectivity index is 1.71. The van der Waals surface area contributed by atoms with Gasteiger partial charge in [-0.25, -0.2) is 0 Å². The van der Waals surface area contributed by atoms with E-state index >= 15 is 0 Å². The average molecular weight is 303 g/mol. The van der Waals surface area contributed by atoms with Crippen LogP contribution in [0.3, 0.4) is 0 Å². The summed E-state index contributed by atoms with van der Waals surface area (Å²) in [5.41, 5.74) is 2.01. The molecule has 1 N–H and O–H groups in total. The van der Waals surface area contributed by atoms with Crippen molar-refractivity contribution in [2.75, 3.05) is 0 Å². The standard InChI is InChI=1S/C18H13N3O2/c22-17-14(11-13-8-4-5-9-15(13)19-17)18-21-20-16(23-18)10-12-6-2-1-3-7-12/h1-9,11H,10H2,(H,19,22). The molecule has 0 aliphatic rings. The van der Waals surface area contributed by atoms with E-state index < -0.39 is 0 Å². The fourth-order valence-electron chi connectivity index (χ4n) is 2.51. The summed E-state index contributed by atoms with van der Waals surface area (Å²) < 4.78 is 5.66. The number of hydrogen-bond acceptors (Lipinski definition) is 4. The van der Waals surface area contributed by atoms with Crippen molar-refractivity contribution in [2.24, 2.45) is 0 Å². The minimum atomic E-state index is -0.237. The number of para-hydroxylation sites is 1. The largest absolute Gasteiger partial charge is 0.420 e.